The second-order valence-electron chi connectivity index (χ2n) is 10.2. The first-order chi connectivity index (χ1) is 17.9. The molecule has 2 atom stereocenters. The molecule has 2 aliphatic rings. The molecule has 3 aromatic rings. The Morgan fingerprint density at radius 3 is 2.73 bits per heavy atom. The standard InChI is InChI=1S/C26H34ClN7O3/c1-15-4-6-16(7-5-15)12-34-24-19(31-26(34)33(2)21-13-37-14-22(21)36-3)9-20(25(28)32-35)30-23(24)17-8-18(27)11-29-10-17/h8-11,15-16,21-22,35H,4-7,12-14H2,1-3H3,(H2,28,32)/t15-,16-,21-,22-/m0/s1. The molecule has 0 amide bonds. The van der Waals surface area contributed by atoms with Crippen molar-refractivity contribution in [3.8, 4) is 11.3 Å². The average molecular weight is 528 g/mol. The summed E-state index contributed by atoms with van der Waals surface area (Å²) in [5, 5.41) is 18.1. The first kappa shape index (κ1) is 25.8. The number of hydrogen-bond donors (Lipinski definition) is 3. The fourth-order valence-electron chi connectivity index (χ4n) is 5.54. The molecule has 3 aromatic heterocycles. The van der Waals surface area contributed by atoms with Gasteiger partial charge in [0.1, 0.15) is 11.8 Å². The van der Waals surface area contributed by atoms with Gasteiger partial charge in [0.25, 0.3) is 0 Å². The van der Waals surface area contributed by atoms with E-state index in [4.69, 9.17) is 36.5 Å². The van der Waals surface area contributed by atoms with E-state index in [0.29, 0.717) is 35.4 Å². The highest BCUT2D eigenvalue weighted by molar-refractivity contribution is 6.30. The average Bonchev–Trinajstić information content (AvgIpc) is 3.53. The van der Waals surface area contributed by atoms with Crippen molar-refractivity contribution in [3.63, 3.8) is 0 Å². The van der Waals surface area contributed by atoms with Crippen LogP contribution in [0.25, 0.3) is 22.3 Å². The van der Waals surface area contributed by atoms with E-state index in [9.17, 15) is 5.21 Å². The van der Waals surface area contributed by atoms with Crippen molar-refractivity contribution in [2.24, 2.45) is 11.8 Å². The van der Waals surface area contributed by atoms with Crippen molar-refractivity contribution in [2.75, 3.05) is 32.3 Å². The fraction of sp³-hybridized carbons (Fsp3) is 0.538. The van der Waals surface area contributed by atoms with Gasteiger partial charge in [0, 0.05) is 38.7 Å². The highest BCUT2D eigenvalue weighted by Crippen LogP contribution is 2.36. The quantitative estimate of drug-likeness (QED) is 0.238. The molecule has 1 aliphatic carbocycles. The first-order valence-corrected chi connectivity index (χ1v) is 13.1. The lowest BCUT2D eigenvalue weighted by atomic mass is 9.83. The Labute approximate surface area is 221 Å². The molecule has 0 spiro atoms. The number of anilines is 1. The lowest BCUT2D eigenvalue weighted by Crippen LogP contribution is -2.43. The van der Waals surface area contributed by atoms with Gasteiger partial charge >= 0.3 is 0 Å². The first-order valence-electron chi connectivity index (χ1n) is 12.7. The van der Waals surface area contributed by atoms with Gasteiger partial charge in [-0.2, -0.15) is 0 Å². The summed E-state index contributed by atoms with van der Waals surface area (Å²) >= 11 is 6.32. The van der Waals surface area contributed by atoms with E-state index in [0.717, 1.165) is 42.3 Å². The Balaban J connectivity index is 1.70. The van der Waals surface area contributed by atoms with Crippen LogP contribution in [0.15, 0.2) is 24.5 Å². The largest absolute Gasteiger partial charge is 0.377 e. The molecule has 0 unspecified atom stereocenters. The number of fused-ring (bicyclic) bond motifs is 1. The van der Waals surface area contributed by atoms with Gasteiger partial charge in [-0.1, -0.05) is 31.4 Å². The Morgan fingerprint density at radius 1 is 1.24 bits per heavy atom. The maximum absolute atomic E-state index is 9.44. The Morgan fingerprint density at radius 2 is 2.03 bits per heavy atom. The minimum absolute atomic E-state index is 0.00747. The zero-order valence-electron chi connectivity index (χ0n) is 21.4. The molecule has 1 saturated heterocycles. The van der Waals surface area contributed by atoms with Crippen LogP contribution >= 0.6 is 11.6 Å². The molecule has 11 heteroatoms. The van der Waals surface area contributed by atoms with Crippen LogP contribution in [-0.2, 0) is 16.0 Å². The van der Waals surface area contributed by atoms with Gasteiger partial charge in [0.15, 0.2) is 5.84 Å². The molecule has 37 heavy (non-hydrogen) atoms. The summed E-state index contributed by atoms with van der Waals surface area (Å²) in [7, 11) is 3.73. The summed E-state index contributed by atoms with van der Waals surface area (Å²) in [5.41, 5.74) is 5.05. The van der Waals surface area contributed by atoms with Gasteiger partial charge in [-0.25, -0.2) is 9.97 Å². The van der Waals surface area contributed by atoms with Crippen molar-refractivity contribution in [3.05, 3.63) is 35.2 Å². The lowest BCUT2D eigenvalue weighted by Gasteiger charge is -2.31. The maximum atomic E-state index is 9.44. The van der Waals surface area contributed by atoms with Gasteiger partial charge in [0.2, 0.25) is 5.95 Å². The number of nitrogens with zero attached hydrogens (tertiary/aromatic N) is 5. The van der Waals surface area contributed by atoms with E-state index < -0.39 is 0 Å². The van der Waals surface area contributed by atoms with Crippen LogP contribution in [0.4, 0.5) is 5.95 Å². The third kappa shape index (κ3) is 5.16. The highest BCUT2D eigenvalue weighted by Gasteiger charge is 2.35. The molecular formula is C26H34ClN7O3. The summed E-state index contributed by atoms with van der Waals surface area (Å²) in [6.07, 6.45) is 7.99. The molecule has 1 saturated carbocycles. The number of rotatable bonds is 7. The SMILES string of the molecule is CO[C@H]1COC[C@@H]1N(C)c1nc2cc(C(=N)NO)nc(-c3cncc(Cl)c3)c2n1C[C@H]1CC[C@H](C)CC1. The number of methoxy groups -OCH3 is 1. The number of hydroxylamine groups is 1. The number of likely N-dealkylation sites (N-methyl/N-ethyl adjacent to an activating group) is 1. The fourth-order valence-corrected chi connectivity index (χ4v) is 5.72. The van der Waals surface area contributed by atoms with Crippen molar-refractivity contribution >= 4 is 34.4 Å². The predicted octanol–water partition coefficient (Wildman–Crippen LogP) is 4.13. The number of aromatic nitrogens is 4. The smallest absolute Gasteiger partial charge is 0.206 e. The summed E-state index contributed by atoms with van der Waals surface area (Å²) in [6.45, 7) is 4.21. The predicted molar refractivity (Wildman–Crippen MR) is 142 cm³/mol. The Hall–Kier alpha value is -2.79. The van der Waals surface area contributed by atoms with Crippen LogP contribution in [0.2, 0.25) is 5.02 Å². The Bertz CT molecular complexity index is 1270. The van der Waals surface area contributed by atoms with Crippen molar-refractivity contribution in [1.29, 1.82) is 5.41 Å². The normalized spacial score (nSPS) is 23.9. The minimum Gasteiger partial charge on any atom is -0.377 e. The number of nitrogens with one attached hydrogen (secondary N) is 2. The molecule has 5 rings (SSSR count). The van der Waals surface area contributed by atoms with Crippen LogP contribution in [0.3, 0.4) is 0 Å². The van der Waals surface area contributed by atoms with Gasteiger partial charge < -0.3 is 18.9 Å². The van der Waals surface area contributed by atoms with Crippen LogP contribution < -0.4 is 10.4 Å². The number of ether oxygens (including phenoxy) is 2. The van der Waals surface area contributed by atoms with Gasteiger partial charge in [-0.15, -0.1) is 0 Å². The lowest BCUT2D eigenvalue weighted by molar-refractivity contribution is 0.0770. The van der Waals surface area contributed by atoms with Crippen molar-refractivity contribution in [2.45, 2.75) is 51.3 Å². The van der Waals surface area contributed by atoms with E-state index in [1.165, 1.54) is 12.8 Å². The summed E-state index contributed by atoms with van der Waals surface area (Å²) in [4.78, 5) is 16.3. The number of pyridine rings is 2. The molecule has 4 heterocycles. The van der Waals surface area contributed by atoms with Crippen LogP contribution in [-0.4, -0.2) is 70.1 Å². The van der Waals surface area contributed by atoms with Crippen LogP contribution in [0.5, 0.6) is 0 Å². The number of hydrogen-bond acceptors (Lipinski definition) is 8. The molecular weight excluding hydrogens is 494 g/mol. The van der Waals surface area contributed by atoms with E-state index in [2.05, 4.69) is 21.4 Å². The van der Waals surface area contributed by atoms with E-state index in [1.54, 1.807) is 25.6 Å². The summed E-state index contributed by atoms with van der Waals surface area (Å²) in [6, 6.07) is 3.55. The third-order valence-electron chi connectivity index (χ3n) is 7.74. The van der Waals surface area contributed by atoms with Gasteiger partial charge in [-0.05, 0) is 36.8 Å². The van der Waals surface area contributed by atoms with E-state index in [1.807, 2.05) is 18.6 Å². The summed E-state index contributed by atoms with van der Waals surface area (Å²) < 4.78 is 13.7. The summed E-state index contributed by atoms with van der Waals surface area (Å²) in [5.74, 6) is 1.85. The van der Waals surface area contributed by atoms with Gasteiger partial charge in [-0.3, -0.25) is 21.1 Å². The second-order valence-corrected chi connectivity index (χ2v) is 10.7. The van der Waals surface area contributed by atoms with Crippen LogP contribution in [0.1, 0.15) is 38.3 Å². The zero-order chi connectivity index (χ0) is 26.1. The number of amidine groups is 1. The molecule has 198 valence electrons. The van der Waals surface area contributed by atoms with E-state index >= 15 is 0 Å². The van der Waals surface area contributed by atoms with Crippen LogP contribution in [0, 0.1) is 17.2 Å². The number of halogens is 1. The topological polar surface area (TPSA) is 121 Å². The molecule has 0 bridgehead atoms. The monoisotopic (exact) mass is 527 g/mol. The second kappa shape index (κ2) is 10.9. The maximum Gasteiger partial charge on any atom is 0.206 e. The molecule has 0 aromatic carbocycles. The van der Waals surface area contributed by atoms with Gasteiger partial charge in [0.05, 0.1) is 41.0 Å². The third-order valence-corrected chi connectivity index (χ3v) is 7.95. The van der Waals surface area contributed by atoms with Crippen molar-refractivity contribution in [1.82, 2.24) is 25.0 Å². The molecule has 3 N–H and O–H groups in total. The molecule has 1 aliphatic heterocycles. The van der Waals surface area contributed by atoms with E-state index in [-0.39, 0.29) is 23.7 Å². The molecule has 2 fully saturated rings. The number of imidazole rings is 1. The van der Waals surface area contributed by atoms with Crippen molar-refractivity contribution < 1.29 is 14.7 Å². The Kier molecular flexibility index (Phi) is 7.62. The molecule has 10 nitrogen and oxygen atoms in total. The minimum atomic E-state index is -0.215. The molecule has 0 radical (unpaired) electrons. The zero-order valence-corrected chi connectivity index (χ0v) is 22.2. The highest BCUT2D eigenvalue weighted by atomic mass is 35.5.